The monoisotopic (exact) mass is 383 g/mol. The lowest BCUT2D eigenvalue weighted by molar-refractivity contribution is 0.563. The maximum atomic E-state index is 3.52. The summed E-state index contributed by atoms with van der Waals surface area (Å²) in [4.78, 5) is 0. The van der Waals surface area contributed by atoms with Gasteiger partial charge in [-0.15, -0.1) is 0 Å². The Morgan fingerprint density at radius 1 is 0.444 bits per heavy atom. The van der Waals surface area contributed by atoms with Gasteiger partial charge >= 0.3 is 0 Å². The zero-order chi connectivity index (χ0) is 20.3. The van der Waals surface area contributed by atoms with E-state index in [1.54, 1.807) is 0 Å². The molecule has 0 aromatic heterocycles. The highest BCUT2D eigenvalue weighted by atomic mass is 14.9. The Labute approximate surface area is 170 Å². The van der Waals surface area contributed by atoms with E-state index in [9.17, 15) is 0 Å². The van der Waals surface area contributed by atoms with Crippen molar-refractivity contribution >= 4 is 0 Å². The average molecular weight is 384 g/mol. The fraction of sp³-hybridized carbons (Fsp3) is 0.818. The topological polar surface area (TPSA) is 60.1 Å². The summed E-state index contributed by atoms with van der Waals surface area (Å²) in [6.07, 6.45) is 13.8. The van der Waals surface area contributed by atoms with Crippen molar-refractivity contribution in [2.24, 2.45) is 0 Å². The molecule has 0 aromatic carbocycles. The van der Waals surface area contributed by atoms with Gasteiger partial charge in [-0.1, -0.05) is 52.0 Å². The molecule has 0 atom stereocenters. The maximum absolute atomic E-state index is 3.52. The van der Waals surface area contributed by atoms with Crippen LogP contribution in [0.5, 0.6) is 0 Å². The maximum Gasteiger partial charge on any atom is 0.0138 e. The molecule has 0 rings (SSSR count). The first kappa shape index (κ1) is 28.5. The van der Waals surface area contributed by atoms with E-state index in [0.717, 1.165) is 65.4 Å². The van der Waals surface area contributed by atoms with Crippen LogP contribution in [0, 0.1) is 0 Å². The second-order valence-corrected chi connectivity index (χ2v) is 6.13. The van der Waals surface area contributed by atoms with Crippen LogP contribution in [-0.4, -0.2) is 65.4 Å². The van der Waals surface area contributed by atoms with Gasteiger partial charge in [0, 0.05) is 26.2 Å². The molecule has 0 bridgehead atoms. The Bertz CT molecular complexity index is 292. The summed E-state index contributed by atoms with van der Waals surface area (Å²) in [5.74, 6) is 0. The molecule has 0 amide bonds. The first-order chi connectivity index (χ1) is 13.4. The predicted molar refractivity (Wildman–Crippen MR) is 124 cm³/mol. The van der Waals surface area contributed by atoms with Gasteiger partial charge in [0.1, 0.15) is 0 Å². The average Bonchev–Trinajstić information content (AvgIpc) is 2.70. The number of hydrogen-bond acceptors (Lipinski definition) is 5. The molecular formula is C22H49N5. The van der Waals surface area contributed by atoms with Crippen molar-refractivity contribution in [3.8, 4) is 0 Å². The molecule has 0 saturated heterocycles. The van der Waals surface area contributed by atoms with Crippen LogP contribution < -0.4 is 26.6 Å². The van der Waals surface area contributed by atoms with Gasteiger partial charge in [-0.3, -0.25) is 0 Å². The summed E-state index contributed by atoms with van der Waals surface area (Å²) in [5.41, 5.74) is 0. The summed E-state index contributed by atoms with van der Waals surface area (Å²) in [5, 5.41) is 17.0. The second kappa shape index (κ2) is 30.0. The largest absolute Gasteiger partial charge is 0.317 e. The Kier molecular flexibility index (Phi) is 31.7. The Morgan fingerprint density at radius 2 is 0.815 bits per heavy atom. The van der Waals surface area contributed by atoms with Gasteiger partial charge in [-0.05, 0) is 65.0 Å². The third-order valence-electron chi connectivity index (χ3n) is 3.80. The summed E-state index contributed by atoms with van der Waals surface area (Å²) < 4.78 is 0. The molecule has 0 saturated carbocycles. The fourth-order valence-electron chi connectivity index (χ4n) is 2.30. The molecule has 5 nitrogen and oxygen atoms in total. The minimum Gasteiger partial charge on any atom is -0.317 e. The quantitative estimate of drug-likeness (QED) is 0.165. The smallest absolute Gasteiger partial charge is 0.0138 e. The number of likely N-dealkylation sites (N-methyl/N-ethyl adjacent to an activating group) is 1. The zero-order valence-corrected chi connectivity index (χ0v) is 18.7. The summed E-state index contributed by atoms with van der Waals surface area (Å²) in [6.45, 7) is 18.7. The van der Waals surface area contributed by atoms with E-state index in [2.05, 4.69) is 64.7 Å². The SMILES string of the molecule is CC.CCNC/C=C\CNC/C=C\CNCCCCNCCCCNCC. The van der Waals surface area contributed by atoms with Crippen LogP contribution in [0.1, 0.15) is 53.4 Å². The number of rotatable bonds is 20. The molecule has 0 aromatic rings. The lowest BCUT2D eigenvalue weighted by Crippen LogP contribution is -2.21. The Balaban J connectivity index is 0. The molecule has 0 aliphatic heterocycles. The molecule has 0 unspecified atom stereocenters. The van der Waals surface area contributed by atoms with Crippen molar-refractivity contribution in [3.63, 3.8) is 0 Å². The molecule has 0 aliphatic carbocycles. The summed E-state index contributed by atoms with van der Waals surface area (Å²) >= 11 is 0. The minimum atomic E-state index is 0.935. The van der Waals surface area contributed by atoms with Gasteiger partial charge in [0.15, 0.2) is 0 Å². The highest BCUT2D eigenvalue weighted by molar-refractivity contribution is 4.89. The van der Waals surface area contributed by atoms with E-state index in [1.165, 1.54) is 25.7 Å². The van der Waals surface area contributed by atoms with E-state index in [-0.39, 0.29) is 0 Å². The normalized spacial score (nSPS) is 11.3. The first-order valence-electron chi connectivity index (χ1n) is 11.2. The third kappa shape index (κ3) is 30.3. The zero-order valence-electron chi connectivity index (χ0n) is 18.7. The Morgan fingerprint density at radius 3 is 1.30 bits per heavy atom. The van der Waals surface area contributed by atoms with Gasteiger partial charge in [0.05, 0.1) is 0 Å². The van der Waals surface area contributed by atoms with Crippen molar-refractivity contribution in [1.29, 1.82) is 0 Å². The molecule has 0 aliphatic rings. The standard InChI is InChI=1S/C20H43N5.C2H6/c1-3-21-13-5-7-15-23-17-9-11-19-25-20-12-10-18-24-16-8-6-14-22-4-2;1-2/h5,7,9,11,21-25H,3-4,6,8,10,12-20H2,1-2H3;1-2H3/b7-5-,11-9-;. The second-order valence-electron chi connectivity index (χ2n) is 6.13. The lowest BCUT2D eigenvalue weighted by Gasteiger charge is -2.05. The molecule has 0 radical (unpaired) electrons. The lowest BCUT2D eigenvalue weighted by atomic mass is 10.2. The first-order valence-corrected chi connectivity index (χ1v) is 11.2. The molecule has 27 heavy (non-hydrogen) atoms. The fourth-order valence-corrected chi connectivity index (χ4v) is 2.30. The number of hydrogen-bond donors (Lipinski definition) is 5. The van der Waals surface area contributed by atoms with Gasteiger partial charge < -0.3 is 26.6 Å². The van der Waals surface area contributed by atoms with Crippen LogP contribution in [0.15, 0.2) is 24.3 Å². The van der Waals surface area contributed by atoms with Crippen LogP contribution in [0.4, 0.5) is 0 Å². The number of unbranched alkanes of at least 4 members (excludes halogenated alkanes) is 2. The number of nitrogens with one attached hydrogen (secondary N) is 5. The van der Waals surface area contributed by atoms with E-state index in [1.807, 2.05) is 13.8 Å². The van der Waals surface area contributed by atoms with E-state index >= 15 is 0 Å². The van der Waals surface area contributed by atoms with Crippen LogP contribution in [0.3, 0.4) is 0 Å². The van der Waals surface area contributed by atoms with Crippen molar-refractivity contribution in [3.05, 3.63) is 24.3 Å². The van der Waals surface area contributed by atoms with E-state index < -0.39 is 0 Å². The predicted octanol–water partition coefficient (Wildman–Crippen LogP) is 2.67. The molecule has 5 N–H and O–H groups in total. The van der Waals surface area contributed by atoms with Gasteiger partial charge in [-0.25, -0.2) is 0 Å². The van der Waals surface area contributed by atoms with Crippen LogP contribution in [-0.2, 0) is 0 Å². The summed E-state index contributed by atoms with van der Waals surface area (Å²) in [7, 11) is 0. The molecule has 162 valence electrons. The van der Waals surface area contributed by atoms with Gasteiger partial charge in [0.25, 0.3) is 0 Å². The molecule has 0 heterocycles. The highest BCUT2D eigenvalue weighted by Gasteiger charge is 1.90. The van der Waals surface area contributed by atoms with Crippen molar-refractivity contribution in [2.75, 3.05) is 65.4 Å². The van der Waals surface area contributed by atoms with Crippen molar-refractivity contribution < 1.29 is 0 Å². The van der Waals surface area contributed by atoms with Gasteiger partial charge in [0.2, 0.25) is 0 Å². The van der Waals surface area contributed by atoms with Crippen LogP contribution in [0.2, 0.25) is 0 Å². The van der Waals surface area contributed by atoms with Crippen LogP contribution >= 0.6 is 0 Å². The third-order valence-corrected chi connectivity index (χ3v) is 3.80. The van der Waals surface area contributed by atoms with Gasteiger partial charge in [-0.2, -0.15) is 0 Å². The van der Waals surface area contributed by atoms with Crippen molar-refractivity contribution in [1.82, 2.24) is 26.6 Å². The summed E-state index contributed by atoms with van der Waals surface area (Å²) in [6, 6.07) is 0. The Hall–Kier alpha value is -0.720. The highest BCUT2D eigenvalue weighted by Crippen LogP contribution is 1.87. The van der Waals surface area contributed by atoms with Crippen molar-refractivity contribution in [2.45, 2.75) is 53.4 Å². The molecule has 0 fully saturated rings. The van der Waals surface area contributed by atoms with E-state index in [0.29, 0.717) is 0 Å². The molecule has 5 heteroatoms. The minimum absolute atomic E-state index is 0.935. The molecule has 0 spiro atoms. The van der Waals surface area contributed by atoms with Crippen LogP contribution in [0.25, 0.3) is 0 Å². The van der Waals surface area contributed by atoms with E-state index in [4.69, 9.17) is 0 Å². The molecular weight excluding hydrogens is 334 g/mol.